The van der Waals surface area contributed by atoms with Gasteiger partial charge in [-0.3, -0.25) is 0 Å². The molecule has 0 saturated heterocycles. The van der Waals surface area contributed by atoms with Crippen LogP contribution in [0.4, 0.5) is 79.0 Å². The normalized spacial score (nSPS) is 13.0. The molecule has 414 valence electrons. The van der Waals surface area contributed by atoms with Crippen LogP contribution >= 0.6 is 0 Å². The molecule has 2 aromatic heterocycles. The Bertz CT molecular complexity index is 4410. The quantitative estimate of drug-likeness (QED) is 0.153. The molecule has 2 heterocycles. The van der Waals surface area contributed by atoms with Gasteiger partial charge in [0.25, 0.3) is 0 Å². The number of aromatic nitrogens is 2. The summed E-state index contributed by atoms with van der Waals surface area (Å²) in [6.07, 6.45) is -31.7. The molecule has 21 heteroatoms. The summed E-state index contributed by atoms with van der Waals surface area (Å²) in [5.74, 6) is 0. The number of halogens is 18. The highest BCUT2D eigenvalue weighted by atomic mass is 19.4. The molecule has 0 aliphatic carbocycles. The zero-order valence-corrected chi connectivity index (χ0v) is 40.9. The summed E-state index contributed by atoms with van der Waals surface area (Å²) in [5.41, 5.74) is -13.2. The maximum atomic E-state index is 15.2. The third-order valence-corrected chi connectivity index (χ3v) is 14.1. The summed E-state index contributed by atoms with van der Waals surface area (Å²) >= 11 is 0. The first-order valence-corrected chi connectivity index (χ1v) is 24.0. The number of benzene rings is 9. The zero-order chi connectivity index (χ0) is 58.8. The van der Waals surface area contributed by atoms with E-state index in [0.29, 0.717) is 53.2 Å². The summed E-state index contributed by atoms with van der Waals surface area (Å²) in [6.45, 7) is 0. The molecule has 11 rings (SSSR count). The smallest absolute Gasteiger partial charge is 0.309 e. The van der Waals surface area contributed by atoms with E-state index in [1.807, 2.05) is 6.07 Å². The molecule has 0 atom stereocenters. The Labute approximate surface area is 449 Å². The highest BCUT2D eigenvalue weighted by molar-refractivity contribution is 6.12. The predicted molar refractivity (Wildman–Crippen MR) is 272 cm³/mol. The maximum absolute atomic E-state index is 15.2. The Hall–Kier alpha value is -9.19. The molecule has 0 fully saturated rings. The van der Waals surface area contributed by atoms with Crippen LogP contribution in [-0.4, -0.2) is 9.13 Å². The summed E-state index contributed by atoms with van der Waals surface area (Å²) < 4.78 is 264. The fraction of sp³-hybridized carbons (Fsp3) is 0.0984. The molecule has 0 spiro atoms. The van der Waals surface area contributed by atoms with Crippen LogP contribution in [0.25, 0.3) is 99.5 Å². The third-order valence-electron chi connectivity index (χ3n) is 14.1. The van der Waals surface area contributed by atoms with Crippen LogP contribution in [0.1, 0.15) is 38.9 Å². The lowest BCUT2D eigenvalue weighted by molar-refractivity contribution is -0.144. The van der Waals surface area contributed by atoms with Crippen molar-refractivity contribution in [2.45, 2.75) is 37.1 Å². The topological polar surface area (TPSA) is 33.6 Å². The predicted octanol–water partition coefficient (Wildman–Crippen LogP) is 20.5. The number of rotatable bonds is 6. The van der Waals surface area contributed by atoms with Gasteiger partial charge in [-0.05, 0) is 137 Å². The molecule has 0 saturated carbocycles. The van der Waals surface area contributed by atoms with E-state index in [4.69, 9.17) is 0 Å². The minimum Gasteiger partial charge on any atom is -0.309 e. The first kappa shape index (κ1) is 54.8. The highest BCUT2D eigenvalue weighted by Gasteiger charge is 2.43. The van der Waals surface area contributed by atoms with Crippen molar-refractivity contribution >= 4 is 43.6 Å². The number of nitrogens with zero attached hydrogens (tertiary/aromatic N) is 3. The molecule has 82 heavy (non-hydrogen) atoms. The van der Waals surface area contributed by atoms with Crippen molar-refractivity contribution in [3.63, 3.8) is 0 Å². The summed E-state index contributed by atoms with van der Waals surface area (Å²) in [6, 6.07) is 33.1. The number of nitriles is 1. The van der Waals surface area contributed by atoms with E-state index in [9.17, 15) is 57.9 Å². The molecule has 0 amide bonds. The molecular formula is C61H29F18N3. The van der Waals surface area contributed by atoms with Crippen molar-refractivity contribution in [2.75, 3.05) is 0 Å². The van der Waals surface area contributed by atoms with Gasteiger partial charge in [0, 0.05) is 38.4 Å². The number of alkyl halides is 18. The molecule has 11 aromatic rings. The molecule has 0 aliphatic heterocycles. The Morgan fingerprint density at radius 3 is 1.21 bits per heavy atom. The van der Waals surface area contributed by atoms with Gasteiger partial charge in [-0.1, -0.05) is 72.8 Å². The molecular weight excluding hydrogens is 1120 g/mol. The van der Waals surface area contributed by atoms with Gasteiger partial charge in [0.05, 0.1) is 72.8 Å². The molecule has 0 unspecified atom stereocenters. The fourth-order valence-corrected chi connectivity index (χ4v) is 10.7. The van der Waals surface area contributed by atoms with Crippen LogP contribution in [0.2, 0.25) is 0 Å². The van der Waals surface area contributed by atoms with Gasteiger partial charge >= 0.3 is 37.1 Å². The maximum Gasteiger partial charge on any atom is 0.417 e. The monoisotopic (exact) mass is 1150 g/mol. The highest BCUT2D eigenvalue weighted by Crippen LogP contribution is 2.51. The van der Waals surface area contributed by atoms with Crippen LogP contribution in [0.5, 0.6) is 0 Å². The number of hydrogen-bond donors (Lipinski definition) is 0. The molecule has 3 nitrogen and oxygen atoms in total. The van der Waals surface area contributed by atoms with Gasteiger partial charge in [-0.15, -0.1) is 0 Å². The number of para-hydroxylation sites is 2. The third kappa shape index (κ3) is 9.48. The summed E-state index contributed by atoms with van der Waals surface area (Å²) in [5, 5.41) is 11.4. The molecule has 0 N–H and O–H groups in total. The average Bonchev–Trinajstić information content (AvgIpc) is 4.08. The lowest BCUT2D eigenvalue weighted by atomic mass is 9.86. The fourth-order valence-electron chi connectivity index (χ4n) is 10.7. The summed E-state index contributed by atoms with van der Waals surface area (Å²) in [4.78, 5) is 0. The van der Waals surface area contributed by atoms with Gasteiger partial charge < -0.3 is 9.13 Å². The van der Waals surface area contributed by atoms with Crippen LogP contribution in [0, 0.1) is 11.3 Å². The van der Waals surface area contributed by atoms with Gasteiger partial charge in [0.15, 0.2) is 0 Å². The van der Waals surface area contributed by atoms with E-state index < -0.39 is 92.7 Å². The van der Waals surface area contributed by atoms with E-state index in [1.54, 1.807) is 48.5 Å². The van der Waals surface area contributed by atoms with Crippen molar-refractivity contribution in [1.82, 2.24) is 9.13 Å². The van der Waals surface area contributed by atoms with E-state index in [-0.39, 0.29) is 84.2 Å². The lowest BCUT2D eigenvalue weighted by Crippen LogP contribution is -2.14. The second-order valence-electron chi connectivity index (χ2n) is 19.0. The average molecular weight is 1150 g/mol. The van der Waals surface area contributed by atoms with Crippen LogP contribution in [-0.2, 0) is 37.1 Å². The van der Waals surface area contributed by atoms with Gasteiger partial charge in [0.2, 0.25) is 0 Å². The van der Waals surface area contributed by atoms with Crippen LogP contribution < -0.4 is 0 Å². The van der Waals surface area contributed by atoms with Crippen molar-refractivity contribution in [3.05, 3.63) is 215 Å². The van der Waals surface area contributed by atoms with Crippen molar-refractivity contribution in [2.24, 2.45) is 0 Å². The van der Waals surface area contributed by atoms with Gasteiger partial charge in [-0.25, -0.2) is 0 Å². The molecule has 0 aliphatic rings. The molecule has 0 bridgehead atoms. The number of hydrogen-bond acceptors (Lipinski definition) is 1. The minimum absolute atomic E-state index is 0.0104. The molecule has 0 radical (unpaired) electrons. The Morgan fingerprint density at radius 1 is 0.305 bits per heavy atom. The first-order valence-electron chi connectivity index (χ1n) is 24.0. The largest absolute Gasteiger partial charge is 0.417 e. The van der Waals surface area contributed by atoms with E-state index in [0.717, 1.165) is 6.07 Å². The van der Waals surface area contributed by atoms with Crippen molar-refractivity contribution in [3.8, 4) is 62.0 Å². The lowest BCUT2D eigenvalue weighted by Gasteiger charge is -2.23. The second-order valence-corrected chi connectivity index (χ2v) is 19.0. The Balaban J connectivity index is 1.21. The van der Waals surface area contributed by atoms with E-state index >= 15 is 26.3 Å². The Morgan fingerprint density at radius 2 is 0.744 bits per heavy atom. The number of fused-ring (bicyclic) bond motifs is 6. The molecule has 9 aromatic carbocycles. The van der Waals surface area contributed by atoms with E-state index in [1.165, 1.54) is 75.9 Å². The SMILES string of the molecule is N#Cc1ccc(-n2c3ccccc3c3cc(-c4ccc(C(F)(F)F)cc4C(F)(F)F)ccc32)c(-c2cc(-n3c4ccccc4c4cc(-c5ccc(C(F)(F)F)cc5C(F)(F)F)ccc43)ccc2-c2c(C(F)(F)F)cccc2C(F)(F)F)c1. The van der Waals surface area contributed by atoms with E-state index in [2.05, 4.69) is 0 Å². The van der Waals surface area contributed by atoms with Crippen molar-refractivity contribution in [1.29, 1.82) is 5.26 Å². The minimum atomic E-state index is -5.43. The van der Waals surface area contributed by atoms with Crippen LogP contribution in [0.3, 0.4) is 0 Å². The van der Waals surface area contributed by atoms with Crippen molar-refractivity contribution < 1.29 is 79.0 Å². The van der Waals surface area contributed by atoms with Crippen LogP contribution in [0.15, 0.2) is 176 Å². The Kier molecular flexibility index (Phi) is 12.7. The first-order chi connectivity index (χ1) is 38.4. The second kappa shape index (κ2) is 19.0. The summed E-state index contributed by atoms with van der Waals surface area (Å²) in [7, 11) is 0. The zero-order valence-electron chi connectivity index (χ0n) is 40.9. The van der Waals surface area contributed by atoms with Gasteiger partial charge in [0.1, 0.15) is 0 Å². The van der Waals surface area contributed by atoms with Gasteiger partial charge in [-0.2, -0.15) is 84.3 Å². The standard InChI is InChI=1S/C61H29F18N3/c62-56(63,64)34-15-18-37(48(27-34)60(74,75)76)32-13-22-52-44(25-32)39-6-1-3-10-50(39)81(52)36-17-20-41(55-46(58(68,69)70)8-5-9-47(55)59(71,72)73)42(29-36)43-24-31(30-80)12-21-53(43)82-51-11-4-2-7-40(51)45-26-33(14-23-54(45)82)38-19-16-35(57(65,66)67)28-49(38)61(77,78)79/h1-29H.